The molecular formula is C17H22N4O2S2. The van der Waals surface area contributed by atoms with Crippen LogP contribution >= 0.6 is 23.1 Å². The molecule has 1 aromatic carbocycles. The number of carbonyl (C=O) groups is 1. The van der Waals surface area contributed by atoms with Crippen LogP contribution in [0.2, 0.25) is 0 Å². The van der Waals surface area contributed by atoms with Gasteiger partial charge in [0.2, 0.25) is 11.0 Å². The van der Waals surface area contributed by atoms with Gasteiger partial charge in [-0.3, -0.25) is 4.79 Å². The quantitative estimate of drug-likeness (QED) is 0.529. The molecule has 1 heterocycles. The van der Waals surface area contributed by atoms with Crippen molar-refractivity contribution in [3.05, 3.63) is 36.4 Å². The summed E-state index contributed by atoms with van der Waals surface area (Å²) in [4.78, 5) is 14.0. The minimum Gasteiger partial charge on any atom is -0.495 e. The summed E-state index contributed by atoms with van der Waals surface area (Å²) in [6.45, 7) is 9.01. The lowest BCUT2D eigenvalue weighted by atomic mass is 10.3. The van der Waals surface area contributed by atoms with Crippen LogP contribution in [-0.4, -0.2) is 47.0 Å². The smallest absolute Gasteiger partial charge is 0.233 e. The number of ether oxygens (including phenoxy) is 1. The van der Waals surface area contributed by atoms with E-state index >= 15 is 0 Å². The number of likely N-dealkylation sites (N-methyl/N-ethyl adjacent to an activating group) is 1. The molecule has 1 amide bonds. The molecule has 0 unspecified atom stereocenters. The number of hydrogen-bond acceptors (Lipinski definition) is 7. The summed E-state index contributed by atoms with van der Waals surface area (Å²) in [5.74, 6) is 1.15. The Labute approximate surface area is 156 Å². The summed E-state index contributed by atoms with van der Waals surface area (Å²) >= 11 is 2.80. The molecule has 8 heteroatoms. The second kappa shape index (κ2) is 9.43. The highest BCUT2D eigenvalue weighted by Gasteiger charge is 2.14. The Kier molecular flexibility index (Phi) is 7.27. The van der Waals surface area contributed by atoms with Crippen LogP contribution in [0.1, 0.15) is 13.8 Å². The minimum atomic E-state index is 0.0740. The molecule has 1 N–H and O–H groups in total. The third-order valence-corrected chi connectivity index (χ3v) is 5.23. The van der Waals surface area contributed by atoms with E-state index in [4.69, 9.17) is 4.74 Å². The summed E-state index contributed by atoms with van der Waals surface area (Å²) in [5, 5.41) is 12.1. The molecule has 2 aromatic rings. The first-order valence-corrected chi connectivity index (χ1v) is 9.62. The van der Waals surface area contributed by atoms with Gasteiger partial charge in [-0.05, 0) is 26.0 Å². The minimum absolute atomic E-state index is 0.0740. The molecule has 0 aliphatic carbocycles. The number of nitrogens with one attached hydrogen (secondary N) is 1. The van der Waals surface area contributed by atoms with E-state index in [-0.39, 0.29) is 5.91 Å². The number of rotatable bonds is 9. The van der Waals surface area contributed by atoms with Gasteiger partial charge in [0.25, 0.3) is 0 Å². The lowest BCUT2D eigenvalue weighted by Gasteiger charge is -2.20. The predicted molar refractivity (Wildman–Crippen MR) is 104 cm³/mol. The fraction of sp³-hybridized carbons (Fsp3) is 0.353. The molecule has 0 radical (unpaired) electrons. The number of thioether (sulfide) groups is 1. The number of aromatic nitrogens is 2. The molecule has 0 saturated heterocycles. The second-order valence-electron chi connectivity index (χ2n) is 5.35. The van der Waals surface area contributed by atoms with Crippen molar-refractivity contribution in [1.29, 1.82) is 0 Å². The maximum absolute atomic E-state index is 12.3. The van der Waals surface area contributed by atoms with Crippen LogP contribution < -0.4 is 10.1 Å². The molecule has 0 aliphatic rings. The number of amides is 1. The number of methoxy groups -OCH3 is 1. The van der Waals surface area contributed by atoms with Crippen LogP contribution in [0.4, 0.5) is 10.8 Å². The van der Waals surface area contributed by atoms with Gasteiger partial charge in [0.1, 0.15) is 5.75 Å². The van der Waals surface area contributed by atoms with Gasteiger partial charge in [0.05, 0.1) is 18.6 Å². The van der Waals surface area contributed by atoms with Gasteiger partial charge < -0.3 is 15.0 Å². The monoisotopic (exact) mass is 378 g/mol. The van der Waals surface area contributed by atoms with Crippen molar-refractivity contribution in [1.82, 2.24) is 15.1 Å². The van der Waals surface area contributed by atoms with Crippen LogP contribution in [0.5, 0.6) is 5.75 Å². The second-order valence-corrected chi connectivity index (χ2v) is 7.55. The zero-order valence-corrected chi connectivity index (χ0v) is 16.2. The van der Waals surface area contributed by atoms with Crippen molar-refractivity contribution >= 4 is 39.8 Å². The topological polar surface area (TPSA) is 67.4 Å². The first-order valence-electron chi connectivity index (χ1n) is 7.82. The molecule has 0 saturated carbocycles. The van der Waals surface area contributed by atoms with Crippen molar-refractivity contribution in [3.63, 3.8) is 0 Å². The van der Waals surface area contributed by atoms with Crippen molar-refractivity contribution in [2.24, 2.45) is 0 Å². The Bertz CT molecular complexity index is 733. The normalized spacial score (nSPS) is 10.4. The molecular weight excluding hydrogens is 356 g/mol. The summed E-state index contributed by atoms with van der Waals surface area (Å²) < 4.78 is 6.05. The fourth-order valence-electron chi connectivity index (χ4n) is 2.10. The molecule has 25 heavy (non-hydrogen) atoms. The Hall–Kier alpha value is -2.06. The fourth-order valence-corrected chi connectivity index (χ4v) is 3.77. The largest absolute Gasteiger partial charge is 0.495 e. The lowest BCUT2D eigenvalue weighted by Crippen LogP contribution is -2.33. The molecule has 2 rings (SSSR count). The molecule has 0 atom stereocenters. The standard InChI is InChI=1S/C17H22N4O2S2/c1-5-21(10-12(2)3)15(22)11-24-17-20-19-16(25-17)18-13-8-6-7-9-14(13)23-4/h6-9H,2,5,10-11H2,1,3-4H3,(H,18,19). The third-order valence-electron chi connectivity index (χ3n) is 3.27. The highest BCUT2D eigenvalue weighted by molar-refractivity contribution is 8.01. The molecule has 0 bridgehead atoms. The average molecular weight is 379 g/mol. The number of nitrogens with zero attached hydrogens (tertiary/aromatic N) is 3. The van der Waals surface area contributed by atoms with Gasteiger partial charge >= 0.3 is 0 Å². The van der Waals surface area contributed by atoms with E-state index in [1.807, 2.05) is 38.1 Å². The number of anilines is 2. The Morgan fingerprint density at radius 2 is 2.16 bits per heavy atom. The predicted octanol–water partition coefficient (Wildman–Crippen LogP) is 3.81. The highest BCUT2D eigenvalue weighted by Crippen LogP contribution is 2.31. The molecule has 0 fully saturated rings. The average Bonchev–Trinajstić information content (AvgIpc) is 3.05. The number of benzene rings is 1. The molecule has 6 nitrogen and oxygen atoms in total. The molecule has 134 valence electrons. The third kappa shape index (κ3) is 5.75. The Balaban J connectivity index is 1.93. The van der Waals surface area contributed by atoms with Crippen LogP contribution in [0.15, 0.2) is 40.8 Å². The van der Waals surface area contributed by atoms with E-state index in [1.165, 1.54) is 23.1 Å². The summed E-state index contributed by atoms with van der Waals surface area (Å²) in [6.07, 6.45) is 0. The van der Waals surface area contributed by atoms with Crippen molar-refractivity contribution < 1.29 is 9.53 Å². The van der Waals surface area contributed by atoms with Crippen molar-refractivity contribution in [3.8, 4) is 5.75 Å². The molecule has 1 aromatic heterocycles. The highest BCUT2D eigenvalue weighted by atomic mass is 32.2. The van der Waals surface area contributed by atoms with Crippen LogP contribution in [0, 0.1) is 0 Å². The summed E-state index contributed by atoms with van der Waals surface area (Å²) in [5.41, 5.74) is 1.80. The van der Waals surface area contributed by atoms with Gasteiger partial charge in [-0.1, -0.05) is 47.4 Å². The zero-order chi connectivity index (χ0) is 18.2. The Morgan fingerprint density at radius 1 is 1.40 bits per heavy atom. The number of hydrogen-bond donors (Lipinski definition) is 1. The molecule has 0 aliphatic heterocycles. The summed E-state index contributed by atoms with van der Waals surface area (Å²) in [6, 6.07) is 7.61. The van der Waals surface area contributed by atoms with E-state index in [0.717, 1.165) is 21.3 Å². The van der Waals surface area contributed by atoms with Crippen molar-refractivity contribution in [2.45, 2.75) is 18.2 Å². The number of para-hydroxylation sites is 2. The summed E-state index contributed by atoms with van der Waals surface area (Å²) in [7, 11) is 1.62. The number of carbonyl (C=O) groups excluding carboxylic acids is 1. The van der Waals surface area contributed by atoms with E-state index < -0.39 is 0 Å². The maximum Gasteiger partial charge on any atom is 0.233 e. The van der Waals surface area contributed by atoms with Crippen LogP contribution in [-0.2, 0) is 4.79 Å². The first-order chi connectivity index (χ1) is 12.0. The van der Waals surface area contributed by atoms with E-state index in [9.17, 15) is 4.79 Å². The van der Waals surface area contributed by atoms with Gasteiger partial charge in [-0.25, -0.2) is 0 Å². The van der Waals surface area contributed by atoms with Gasteiger partial charge in [-0.2, -0.15) is 0 Å². The van der Waals surface area contributed by atoms with Gasteiger partial charge in [-0.15, -0.1) is 10.2 Å². The van der Waals surface area contributed by atoms with Gasteiger partial charge in [0.15, 0.2) is 4.34 Å². The SMILES string of the molecule is C=C(C)CN(CC)C(=O)CSc1nnc(Nc2ccccc2OC)s1. The maximum atomic E-state index is 12.3. The lowest BCUT2D eigenvalue weighted by molar-refractivity contribution is -0.127. The molecule has 0 spiro atoms. The van der Waals surface area contributed by atoms with E-state index in [2.05, 4.69) is 22.1 Å². The van der Waals surface area contributed by atoms with E-state index in [1.54, 1.807) is 12.0 Å². The Morgan fingerprint density at radius 3 is 2.84 bits per heavy atom. The zero-order valence-electron chi connectivity index (χ0n) is 14.6. The van der Waals surface area contributed by atoms with Crippen LogP contribution in [0.3, 0.4) is 0 Å². The van der Waals surface area contributed by atoms with Crippen molar-refractivity contribution in [2.75, 3.05) is 31.3 Å². The van der Waals surface area contributed by atoms with E-state index in [0.29, 0.717) is 24.0 Å². The van der Waals surface area contributed by atoms with Crippen LogP contribution in [0.25, 0.3) is 0 Å². The van der Waals surface area contributed by atoms with Gasteiger partial charge in [0, 0.05) is 13.1 Å². The first kappa shape index (κ1) is 19.3.